The van der Waals surface area contributed by atoms with Crippen molar-refractivity contribution in [3.05, 3.63) is 58.6 Å². The molecule has 2 aromatic carbocycles. The first-order chi connectivity index (χ1) is 13.0. The molecular weight excluding hydrogens is 346 g/mol. The number of benzene rings is 2. The van der Waals surface area contributed by atoms with Crippen LogP contribution in [-0.2, 0) is 16.1 Å². The van der Waals surface area contributed by atoms with Crippen molar-refractivity contribution in [2.45, 2.75) is 26.3 Å². The third-order valence-electron chi connectivity index (χ3n) is 4.64. The number of nitrogens with one attached hydrogen (secondary N) is 1. The second kappa shape index (κ2) is 6.75. The third kappa shape index (κ3) is 3.36. The summed E-state index contributed by atoms with van der Waals surface area (Å²) in [5.41, 5.74) is 3.35. The highest BCUT2D eigenvalue weighted by Gasteiger charge is 2.22. The van der Waals surface area contributed by atoms with Crippen molar-refractivity contribution >= 4 is 34.3 Å². The summed E-state index contributed by atoms with van der Waals surface area (Å²) < 4.78 is 6.50. The molecule has 138 valence electrons. The molecule has 1 aromatic heterocycles. The SMILES string of the molecule is Cc1ccc2oc(=O)n(CC(=O)Nc3cccc(N4CCCC4=O)c3)c2c1. The molecule has 7 heteroatoms. The molecular formula is C20H19N3O4. The standard InChI is InChI=1S/C20H19N3O4/c1-13-7-8-17-16(10-13)23(20(26)27-17)12-18(24)21-14-4-2-5-15(11-14)22-9-3-6-19(22)25/h2,4-5,7-8,10-11H,3,6,9,12H2,1H3,(H,21,24). The van der Waals surface area contributed by atoms with E-state index in [9.17, 15) is 14.4 Å². The second-order valence-electron chi connectivity index (χ2n) is 6.67. The molecule has 0 spiro atoms. The number of fused-ring (bicyclic) bond motifs is 1. The van der Waals surface area contributed by atoms with Crippen LogP contribution in [-0.4, -0.2) is 22.9 Å². The molecule has 7 nitrogen and oxygen atoms in total. The molecule has 3 aromatic rings. The Hall–Kier alpha value is -3.35. The average molecular weight is 365 g/mol. The first-order valence-corrected chi connectivity index (χ1v) is 8.81. The molecule has 4 rings (SSSR count). The lowest BCUT2D eigenvalue weighted by atomic mass is 10.2. The van der Waals surface area contributed by atoms with Gasteiger partial charge in [-0.1, -0.05) is 12.1 Å². The number of hydrogen-bond acceptors (Lipinski definition) is 4. The van der Waals surface area contributed by atoms with E-state index in [4.69, 9.17) is 4.42 Å². The van der Waals surface area contributed by atoms with Crippen molar-refractivity contribution in [2.75, 3.05) is 16.8 Å². The molecule has 0 radical (unpaired) electrons. The van der Waals surface area contributed by atoms with Gasteiger partial charge in [-0.25, -0.2) is 4.79 Å². The Morgan fingerprint density at radius 2 is 2.04 bits per heavy atom. The lowest BCUT2D eigenvalue weighted by Crippen LogP contribution is -2.25. The van der Waals surface area contributed by atoms with Crippen LogP contribution >= 0.6 is 0 Å². The normalized spacial score (nSPS) is 14.1. The van der Waals surface area contributed by atoms with Crippen molar-refractivity contribution < 1.29 is 14.0 Å². The number of anilines is 2. The van der Waals surface area contributed by atoms with Crippen LogP contribution in [0.25, 0.3) is 11.1 Å². The van der Waals surface area contributed by atoms with E-state index >= 15 is 0 Å². The molecule has 2 amide bonds. The molecule has 0 saturated carbocycles. The number of amides is 2. The zero-order valence-electron chi connectivity index (χ0n) is 14.9. The summed E-state index contributed by atoms with van der Waals surface area (Å²) in [4.78, 5) is 38.2. The summed E-state index contributed by atoms with van der Waals surface area (Å²) in [5.74, 6) is -0.821. The largest absolute Gasteiger partial charge is 0.420 e. The molecule has 0 atom stereocenters. The maximum atomic E-state index is 12.5. The number of aromatic nitrogens is 1. The van der Waals surface area contributed by atoms with E-state index in [1.807, 2.05) is 25.1 Å². The van der Waals surface area contributed by atoms with Crippen molar-refractivity contribution in [1.82, 2.24) is 4.57 Å². The first-order valence-electron chi connectivity index (χ1n) is 8.81. The van der Waals surface area contributed by atoms with Crippen molar-refractivity contribution in [3.63, 3.8) is 0 Å². The second-order valence-corrected chi connectivity index (χ2v) is 6.67. The van der Waals surface area contributed by atoms with Crippen molar-refractivity contribution in [3.8, 4) is 0 Å². The maximum Gasteiger partial charge on any atom is 0.420 e. The van der Waals surface area contributed by atoms with Gasteiger partial charge >= 0.3 is 5.76 Å². The van der Waals surface area contributed by atoms with Gasteiger partial charge in [0.15, 0.2) is 5.58 Å². The van der Waals surface area contributed by atoms with Gasteiger partial charge in [0.2, 0.25) is 11.8 Å². The van der Waals surface area contributed by atoms with E-state index in [1.54, 1.807) is 29.2 Å². The minimum atomic E-state index is -0.567. The van der Waals surface area contributed by atoms with Gasteiger partial charge in [-0.2, -0.15) is 0 Å². The summed E-state index contributed by atoms with van der Waals surface area (Å²) in [7, 11) is 0. The molecule has 1 aliphatic rings. The summed E-state index contributed by atoms with van der Waals surface area (Å²) in [6, 6.07) is 12.5. The minimum Gasteiger partial charge on any atom is -0.408 e. The number of oxazole rings is 1. The highest BCUT2D eigenvalue weighted by molar-refractivity contribution is 5.97. The Morgan fingerprint density at radius 1 is 1.19 bits per heavy atom. The quantitative estimate of drug-likeness (QED) is 0.770. The molecule has 1 fully saturated rings. The molecule has 27 heavy (non-hydrogen) atoms. The molecule has 0 unspecified atom stereocenters. The number of nitrogens with zero attached hydrogens (tertiary/aromatic N) is 2. The van der Waals surface area contributed by atoms with Crippen LogP contribution in [0.4, 0.5) is 11.4 Å². The number of aryl methyl sites for hydroxylation is 1. The van der Waals surface area contributed by atoms with E-state index in [1.165, 1.54) is 4.57 Å². The predicted molar refractivity (Wildman–Crippen MR) is 102 cm³/mol. The van der Waals surface area contributed by atoms with Crippen LogP contribution in [0.1, 0.15) is 18.4 Å². The fraction of sp³-hybridized carbons (Fsp3) is 0.250. The molecule has 0 aliphatic carbocycles. The zero-order valence-corrected chi connectivity index (χ0v) is 14.9. The van der Waals surface area contributed by atoms with Crippen LogP contribution < -0.4 is 16.0 Å². The van der Waals surface area contributed by atoms with Gasteiger partial charge < -0.3 is 14.6 Å². The summed E-state index contributed by atoms with van der Waals surface area (Å²) in [6.07, 6.45) is 1.39. The van der Waals surface area contributed by atoms with E-state index in [0.717, 1.165) is 17.7 Å². The van der Waals surface area contributed by atoms with Gasteiger partial charge in [0.05, 0.1) is 5.52 Å². The fourth-order valence-electron chi connectivity index (χ4n) is 3.34. The van der Waals surface area contributed by atoms with Crippen molar-refractivity contribution in [1.29, 1.82) is 0 Å². The highest BCUT2D eigenvalue weighted by Crippen LogP contribution is 2.24. The topological polar surface area (TPSA) is 84.5 Å². The molecule has 1 aliphatic heterocycles. The fourth-order valence-corrected chi connectivity index (χ4v) is 3.34. The van der Waals surface area contributed by atoms with Crippen LogP contribution in [0, 0.1) is 6.92 Å². The van der Waals surface area contributed by atoms with Gasteiger partial charge in [-0.15, -0.1) is 0 Å². The Morgan fingerprint density at radius 3 is 2.81 bits per heavy atom. The van der Waals surface area contributed by atoms with E-state index in [2.05, 4.69) is 5.32 Å². The van der Waals surface area contributed by atoms with Gasteiger partial charge in [0.25, 0.3) is 0 Å². The number of hydrogen-bond donors (Lipinski definition) is 1. The lowest BCUT2D eigenvalue weighted by Gasteiger charge is -2.16. The molecule has 1 N–H and O–H groups in total. The Bertz CT molecular complexity index is 1100. The Labute approximate surface area is 155 Å². The summed E-state index contributed by atoms with van der Waals surface area (Å²) >= 11 is 0. The number of rotatable bonds is 4. The minimum absolute atomic E-state index is 0.0882. The Kier molecular flexibility index (Phi) is 4.27. The molecule has 1 saturated heterocycles. The number of carbonyl (C=O) groups excluding carboxylic acids is 2. The van der Waals surface area contributed by atoms with Crippen LogP contribution in [0.5, 0.6) is 0 Å². The van der Waals surface area contributed by atoms with Gasteiger partial charge in [-0.05, 0) is 49.2 Å². The smallest absolute Gasteiger partial charge is 0.408 e. The summed E-state index contributed by atoms with van der Waals surface area (Å²) in [5, 5.41) is 2.79. The van der Waals surface area contributed by atoms with E-state index < -0.39 is 5.76 Å². The van der Waals surface area contributed by atoms with Gasteiger partial charge in [0.1, 0.15) is 6.54 Å². The first kappa shape index (κ1) is 17.1. The van der Waals surface area contributed by atoms with Gasteiger partial charge in [0, 0.05) is 24.3 Å². The summed E-state index contributed by atoms with van der Waals surface area (Å²) in [6.45, 7) is 2.45. The third-order valence-corrected chi connectivity index (χ3v) is 4.64. The zero-order chi connectivity index (χ0) is 19.0. The van der Waals surface area contributed by atoms with Crippen LogP contribution in [0.2, 0.25) is 0 Å². The van der Waals surface area contributed by atoms with Crippen molar-refractivity contribution in [2.24, 2.45) is 0 Å². The Balaban J connectivity index is 1.54. The predicted octanol–water partition coefficient (Wildman–Crippen LogP) is 2.67. The monoisotopic (exact) mass is 365 g/mol. The maximum absolute atomic E-state index is 12.5. The average Bonchev–Trinajstić information content (AvgIpc) is 3.19. The highest BCUT2D eigenvalue weighted by atomic mass is 16.4. The van der Waals surface area contributed by atoms with E-state index in [-0.39, 0.29) is 18.4 Å². The molecule has 0 bridgehead atoms. The van der Waals surface area contributed by atoms with Crippen LogP contribution in [0.15, 0.2) is 51.7 Å². The van der Waals surface area contributed by atoms with Gasteiger partial charge in [-0.3, -0.25) is 14.2 Å². The number of carbonyl (C=O) groups is 2. The van der Waals surface area contributed by atoms with E-state index in [0.29, 0.717) is 29.8 Å². The molecule has 2 heterocycles. The lowest BCUT2D eigenvalue weighted by molar-refractivity contribution is -0.117. The van der Waals surface area contributed by atoms with Crippen LogP contribution in [0.3, 0.4) is 0 Å².